The summed E-state index contributed by atoms with van der Waals surface area (Å²) in [5, 5.41) is 13.6. The molecule has 5 N–H and O–H groups in total. The van der Waals surface area contributed by atoms with Crippen LogP contribution in [0.25, 0.3) is 0 Å². The van der Waals surface area contributed by atoms with Gasteiger partial charge >= 0.3 is 12.0 Å². The highest BCUT2D eigenvalue weighted by Gasteiger charge is 2.22. The summed E-state index contributed by atoms with van der Waals surface area (Å²) in [7, 11) is 0. The van der Waals surface area contributed by atoms with Crippen LogP contribution >= 0.6 is 0 Å². The Morgan fingerprint density at radius 3 is 2.42 bits per heavy atom. The molecule has 1 rings (SSSR count). The molecule has 1 saturated heterocycles. The van der Waals surface area contributed by atoms with Crippen molar-refractivity contribution in [3.05, 3.63) is 0 Å². The SMILES string of the molecule is NC(=O)C[C@H](NC(=O)NCCN1CCCC1)C(=O)O. The molecule has 0 spiro atoms. The summed E-state index contributed by atoms with van der Waals surface area (Å²) < 4.78 is 0. The second-order valence-electron chi connectivity index (χ2n) is 4.51. The lowest BCUT2D eigenvalue weighted by Crippen LogP contribution is -2.48. The van der Waals surface area contributed by atoms with Crippen molar-refractivity contribution >= 4 is 17.9 Å². The van der Waals surface area contributed by atoms with Crippen molar-refractivity contribution < 1.29 is 19.5 Å². The minimum atomic E-state index is -1.29. The molecule has 1 fully saturated rings. The minimum absolute atomic E-state index is 0.422. The maximum Gasteiger partial charge on any atom is 0.326 e. The van der Waals surface area contributed by atoms with Crippen molar-refractivity contribution in [2.24, 2.45) is 5.73 Å². The highest BCUT2D eigenvalue weighted by atomic mass is 16.4. The largest absolute Gasteiger partial charge is 0.480 e. The molecule has 1 aliphatic rings. The molecule has 0 saturated carbocycles. The standard InChI is InChI=1S/C11H20N4O4/c12-9(16)7-8(10(17)18)14-11(19)13-3-6-15-4-1-2-5-15/h8H,1-7H2,(H2,12,16)(H,17,18)(H2,13,14,19)/t8-/m0/s1. The number of urea groups is 1. The van der Waals surface area contributed by atoms with E-state index in [1.54, 1.807) is 0 Å². The van der Waals surface area contributed by atoms with Crippen molar-refractivity contribution in [3.8, 4) is 0 Å². The average molecular weight is 272 g/mol. The van der Waals surface area contributed by atoms with Gasteiger partial charge in [-0.15, -0.1) is 0 Å². The van der Waals surface area contributed by atoms with Crippen LogP contribution in [-0.2, 0) is 9.59 Å². The molecular weight excluding hydrogens is 252 g/mol. The summed E-state index contributed by atoms with van der Waals surface area (Å²) in [6, 6.07) is -1.89. The van der Waals surface area contributed by atoms with E-state index in [2.05, 4.69) is 15.5 Å². The quantitative estimate of drug-likeness (QED) is 0.459. The van der Waals surface area contributed by atoms with Crippen molar-refractivity contribution in [3.63, 3.8) is 0 Å². The molecule has 0 bridgehead atoms. The number of nitrogens with two attached hydrogens (primary N) is 1. The fraction of sp³-hybridized carbons (Fsp3) is 0.727. The Hall–Kier alpha value is -1.83. The summed E-state index contributed by atoms with van der Waals surface area (Å²) in [6.45, 7) is 3.24. The van der Waals surface area contributed by atoms with Crippen LogP contribution in [0.1, 0.15) is 19.3 Å². The van der Waals surface area contributed by atoms with Gasteiger partial charge in [-0.25, -0.2) is 9.59 Å². The number of primary amides is 1. The summed E-state index contributed by atoms with van der Waals surface area (Å²) in [5.41, 5.74) is 4.91. The normalized spacial score (nSPS) is 16.8. The zero-order valence-electron chi connectivity index (χ0n) is 10.7. The molecule has 1 heterocycles. The third-order valence-corrected chi connectivity index (χ3v) is 2.92. The number of rotatable bonds is 7. The second kappa shape index (κ2) is 7.57. The number of carbonyl (C=O) groups excluding carboxylic acids is 2. The van der Waals surface area contributed by atoms with Gasteiger partial charge in [0.25, 0.3) is 0 Å². The lowest BCUT2D eigenvalue weighted by Gasteiger charge is -2.16. The molecule has 3 amide bonds. The zero-order valence-corrected chi connectivity index (χ0v) is 10.7. The van der Waals surface area contributed by atoms with Gasteiger partial charge < -0.3 is 26.4 Å². The number of carboxylic acids is 1. The van der Waals surface area contributed by atoms with Crippen LogP contribution in [0.4, 0.5) is 4.79 Å². The first-order valence-electron chi connectivity index (χ1n) is 6.27. The summed E-state index contributed by atoms with van der Waals surface area (Å²) >= 11 is 0. The van der Waals surface area contributed by atoms with Gasteiger partial charge in [-0.05, 0) is 25.9 Å². The van der Waals surface area contributed by atoms with Crippen LogP contribution in [0.5, 0.6) is 0 Å². The number of likely N-dealkylation sites (tertiary alicyclic amines) is 1. The highest BCUT2D eigenvalue weighted by Crippen LogP contribution is 2.05. The number of hydrogen-bond acceptors (Lipinski definition) is 4. The van der Waals surface area contributed by atoms with Gasteiger partial charge in [0.1, 0.15) is 6.04 Å². The zero-order chi connectivity index (χ0) is 14.3. The van der Waals surface area contributed by atoms with Crippen LogP contribution in [0.2, 0.25) is 0 Å². The van der Waals surface area contributed by atoms with E-state index in [-0.39, 0.29) is 0 Å². The predicted molar refractivity (Wildman–Crippen MR) is 67.4 cm³/mol. The van der Waals surface area contributed by atoms with Gasteiger partial charge in [0.15, 0.2) is 0 Å². The third kappa shape index (κ3) is 6.05. The van der Waals surface area contributed by atoms with Crippen molar-refractivity contribution in [2.75, 3.05) is 26.2 Å². The van der Waals surface area contributed by atoms with E-state index in [4.69, 9.17) is 10.8 Å². The van der Waals surface area contributed by atoms with Crippen molar-refractivity contribution in [1.82, 2.24) is 15.5 Å². The Kier molecular flexibility index (Phi) is 6.07. The molecule has 8 heteroatoms. The molecule has 1 aliphatic heterocycles. The van der Waals surface area contributed by atoms with Crippen LogP contribution in [0.15, 0.2) is 0 Å². The number of carboxylic acid groups (broad SMARTS) is 1. The minimum Gasteiger partial charge on any atom is -0.480 e. The molecule has 0 aromatic rings. The smallest absolute Gasteiger partial charge is 0.326 e. The summed E-state index contributed by atoms with van der Waals surface area (Å²) in [4.78, 5) is 35.1. The fourth-order valence-corrected chi connectivity index (χ4v) is 1.94. The third-order valence-electron chi connectivity index (χ3n) is 2.92. The van der Waals surface area contributed by atoms with E-state index in [0.717, 1.165) is 19.6 Å². The Morgan fingerprint density at radius 2 is 1.89 bits per heavy atom. The summed E-state index contributed by atoms with van der Waals surface area (Å²) in [6.07, 6.45) is 1.92. The molecule has 19 heavy (non-hydrogen) atoms. The molecule has 0 aliphatic carbocycles. The Morgan fingerprint density at radius 1 is 1.26 bits per heavy atom. The van der Waals surface area contributed by atoms with Gasteiger partial charge in [0.05, 0.1) is 6.42 Å². The Bertz CT molecular complexity index is 342. The van der Waals surface area contributed by atoms with E-state index >= 15 is 0 Å². The van der Waals surface area contributed by atoms with E-state index in [1.165, 1.54) is 12.8 Å². The average Bonchev–Trinajstić information content (AvgIpc) is 2.80. The van der Waals surface area contributed by atoms with Gasteiger partial charge in [-0.2, -0.15) is 0 Å². The van der Waals surface area contributed by atoms with Gasteiger partial charge in [-0.3, -0.25) is 4.79 Å². The van der Waals surface area contributed by atoms with E-state index in [0.29, 0.717) is 6.54 Å². The van der Waals surface area contributed by atoms with Crippen LogP contribution in [0.3, 0.4) is 0 Å². The van der Waals surface area contributed by atoms with Crippen molar-refractivity contribution in [1.29, 1.82) is 0 Å². The van der Waals surface area contributed by atoms with Gasteiger partial charge in [0, 0.05) is 13.1 Å². The number of carbonyl (C=O) groups is 3. The van der Waals surface area contributed by atoms with Crippen molar-refractivity contribution in [2.45, 2.75) is 25.3 Å². The molecule has 0 unspecified atom stereocenters. The number of nitrogens with zero attached hydrogens (tertiary/aromatic N) is 1. The first kappa shape index (κ1) is 15.2. The van der Waals surface area contributed by atoms with Crippen LogP contribution < -0.4 is 16.4 Å². The first-order valence-corrected chi connectivity index (χ1v) is 6.27. The Balaban J connectivity index is 2.23. The lowest BCUT2D eigenvalue weighted by atomic mass is 10.2. The maximum atomic E-state index is 11.5. The highest BCUT2D eigenvalue weighted by molar-refractivity contribution is 5.87. The van der Waals surface area contributed by atoms with Crippen LogP contribution in [0, 0.1) is 0 Å². The lowest BCUT2D eigenvalue weighted by molar-refractivity contribution is -0.140. The van der Waals surface area contributed by atoms with Crippen LogP contribution in [-0.4, -0.2) is 60.1 Å². The molecule has 8 nitrogen and oxygen atoms in total. The van der Waals surface area contributed by atoms with Gasteiger partial charge in [0.2, 0.25) is 5.91 Å². The fourth-order valence-electron chi connectivity index (χ4n) is 1.94. The first-order chi connectivity index (χ1) is 8.99. The number of amides is 3. The topological polar surface area (TPSA) is 125 Å². The molecule has 108 valence electrons. The molecule has 0 radical (unpaired) electrons. The molecule has 0 aromatic heterocycles. The van der Waals surface area contributed by atoms with Gasteiger partial charge in [-0.1, -0.05) is 0 Å². The molecule has 1 atom stereocenters. The Labute approximate surface area is 111 Å². The predicted octanol–water partition coefficient (Wildman–Crippen LogP) is -1.29. The van der Waals surface area contributed by atoms with E-state index in [1.807, 2.05) is 0 Å². The van der Waals surface area contributed by atoms with E-state index < -0.39 is 30.4 Å². The monoisotopic (exact) mass is 272 g/mol. The second-order valence-corrected chi connectivity index (χ2v) is 4.51. The molecule has 0 aromatic carbocycles. The molecular formula is C11H20N4O4. The maximum absolute atomic E-state index is 11.5. The summed E-state index contributed by atoms with van der Waals surface area (Å²) in [5.74, 6) is -2.06. The van der Waals surface area contributed by atoms with E-state index in [9.17, 15) is 14.4 Å². The number of hydrogen-bond donors (Lipinski definition) is 4. The number of aliphatic carboxylic acids is 1. The number of nitrogens with one attached hydrogen (secondary N) is 2.